The van der Waals surface area contributed by atoms with Crippen molar-refractivity contribution < 1.29 is 4.92 Å². The van der Waals surface area contributed by atoms with Gasteiger partial charge in [-0.25, -0.2) is 0 Å². The van der Waals surface area contributed by atoms with E-state index in [1.165, 1.54) is 6.07 Å². The monoisotopic (exact) mass is 412 g/mol. The van der Waals surface area contributed by atoms with Gasteiger partial charge in [-0.05, 0) is 24.6 Å². The van der Waals surface area contributed by atoms with E-state index in [-0.39, 0.29) is 16.7 Å². The molecule has 2 rings (SSSR count). The van der Waals surface area contributed by atoms with Crippen LogP contribution in [-0.2, 0) is 6.54 Å². The van der Waals surface area contributed by atoms with Crippen molar-refractivity contribution in [3.63, 3.8) is 0 Å². The summed E-state index contributed by atoms with van der Waals surface area (Å²) in [5.74, 6) is 0. The average molecular weight is 414 g/mol. The highest BCUT2D eigenvalue weighted by Crippen LogP contribution is 2.27. The first-order valence-corrected chi connectivity index (χ1v) is 7.98. The Hall–Kier alpha value is -1.24. The van der Waals surface area contributed by atoms with Gasteiger partial charge in [0.1, 0.15) is 0 Å². The van der Waals surface area contributed by atoms with Gasteiger partial charge < -0.3 is 5.32 Å². The van der Waals surface area contributed by atoms with E-state index in [0.717, 1.165) is 14.5 Å². The maximum atomic E-state index is 11.0. The van der Waals surface area contributed by atoms with Gasteiger partial charge in [0.15, 0.2) is 0 Å². The van der Waals surface area contributed by atoms with Crippen LogP contribution in [-0.4, -0.2) is 4.92 Å². The molecule has 1 atom stereocenters. The van der Waals surface area contributed by atoms with Crippen LogP contribution in [0, 0.1) is 10.1 Å². The van der Waals surface area contributed by atoms with E-state index in [1.807, 2.05) is 31.2 Å². The third-order valence-electron chi connectivity index (χ3n) is 3.22. The van der Waals surface area contributed by atoms with Crippen molar-refractivity contribution in [1.29, 1.82) is 0 Å². The van der Waals surface area contributed by atoms with Crippen LogP contribution in [0.2, 0.25) is 0 Å². The number of hydrogen-bond donors (Lipinski definition) is 1. The Balaban J connectivity index is 2.11. The first-order valence-electron chi connectivity index (χ1n) is 6.39. The smallest absolute Gasteiger partial charge is 0.273 e. The third kappa shape index (κ3) is 4.12. The van der Waals surface area contributed by atoms with Gasteiger partial charge in [-0.15, -0.1) is 0 Å². The van der Waals surface area contributed by atoms with Crippen LogP contribution in [0.25, 0.3) is 0 Å². The van der Waals surface area contributed by atoms with Gasteiger partial charge in [-0.3, -0.25) is 10.1 Å². The molecule has 0 saturated carbocycles. The minimum Gasteiger partial charge on any atom is -0.306 e. The number of nitrogens with one attached hydrogen (secondary N) is 1. The van der Waals surface area contributed by atoms with Crippen LogP contribution in [0.4, 0.5) is 5.69 Å². The summed E-state index contributed by atoms with van der Waals surface area (Å²) in [6, 6.07) is 12.8. The minimum absolute atomic E-state index is 0.0762. The number of hydrogen-bond acceptors (Lipinski definition) is 3. The van der Waals surface area contributed by atoms with Crippen molar-refractivity contribution in [2.45, 2.75) is 19.5 Å². The molecule has 4 nitrogen and oxygen atoms in total. The summed E-state index contributed by atoms with van der Waals surface area (Å²) in [4.78, 5) is 10.6. The van der Waals surface area contributed by atoms with Gasteiger partial charge >= 0.3 is 0 Å². The number of rotatable bonds is 5. The fraction of sp³-hybridized carbons (Fsp3) is 0.200. The second kappa shape index (κ2) is 7.15. The highest BCUT2D eigenvalue weighted by Gasteiger charge is 2.14. The number of benzene rings is 2. The molecule has 0 bridgehead atoms. The number of nitro groups is 1. The summed E-state index contributed by atoms with van der Waals surface area (Å²) < 4.78 is 2.00. The summed E-state index contributed by atoms with van der Waals surface area (Å²) >= 11 is 6.95. The first-order chi connectivity index (χ1) is 9.99. The van der Waals surface area contributed by atoms with Gasteiger partial charge in [0.25, 0.3) is 5.69 Å². The predicted molar refractivity (Wildman–Crippen MR) is 90.2 cm³/mol. The van der Waals surface area contributed by atoms with Crippen molar-refractivity contribution >= 4 is 37.5 Å². The topological polar surface area (TPSA) is 55.2 Å². The number of nitrogens with zero attached hydrogens (tertiary/aromatic N) is 1. The highest BCUT2D eigenvalue weighted by molar-refractivity contribution is 9.11. The molecular weight excluding hydrogens is 400 g/mol. The molecule has 0 amide bonds. The molecule has 0 radical (unpaired) electrons. The lowest BCUT2D eigenvalue weighted by atomic mass is 10.1. The van der Waals surface area contributed by atoms with Gasteiger partial charge in [0.2, 0.25) is 0 Å². The third-order valence-corrected chi connectivity index (χ3v) is 4.40. The fourth-order valence-corrected chi connectivity index (χ4v) is 3.45. The maximum absolute atomic E-state index is 11.0. The number of nitro benzene ring substituents is 1. The molecule has 1 unspecified atom stereocenters. The standard InChI is InChI=1S/C15H14Br2N2O2/c1-10(13-7-6-12(16)8-14(13)17)18-9-11-4-2-3-5-15(11)19(20)21/h2-8,10,18H,9H2,1H3. The lowest BCUT2D eigenvalue weighted by Crippen LogP contribution is -2.19. The number of halogens is 2. The van der Waals surface area contributed by atoms with Crippen LogP contribution in [0.1, 0.15) is 24.1 Å². The Morgan fingerprint density at radius 1 is 1.24 bits per heavy atom. The van der Waals surface area contributed by atoms with Crippen LogP contribution >= 0.6 is 31.9 Å². The fourth-order valence-electron chi connectivity index (χ4n) is 2.06. The maximum Gasteiger partial charge on any atom is 0.273 e. The second-order valence-electron chi connectivity index (χ2n) is 4.65. The van der Waals surface area contributed by atoms with E-state index >= 15 is 0 Å². The quantitative estimate of drug-likeness (QED) is 0.556. The molecule has 1 N–H and O–H groups in total. The van der Waals surface area contributed by atoms with E-state index in [2.05, 4.69) is 37.2 Å². The van der Waals surface area contributed by atoms with E-state index in [1.54, 1.807) is 12.1 Å². The Morgan fingerprint density at radius 3 is 2.62 bits per heavy atom. The lowest BCUT2D eigenvalue weighted by molar-refractivity contribution is -0.385. The van der Waals surface area contributed by atoms with Crippen LogP contribution in [0.3, 0.4) is 0 Å². The predicted octanol–water partition coefficient (Wildman–Crippen LogP) is 4.97. The summed E-state index contributed by atoms with van der Waals surface area (Å²) in [5.41, 5.74) is 1.94. The van der Waals surface area contributed by atoms with E-state index in [0.29, 0.717) is 12.1 Å². The van der Waals surface area contributed by atoms with E-state index in [4.69, 9.17) is 0 Å². The van der Waals surface area contributed by atoms with Crippen molar-refractivity contribution in [1.82, 2.24) is 5.32 Å². The summed E-state index contributed by atoms with van der Waals surface area (Å²) in [6.45, 7) is 2.48. The Morgan fingerprint density at radius 2 is 1.95 bits per heavy atom. The normalized spacial score (nSPS) is 12.1. The van der Waals surface area contributed by atoms with Crippen molar-refractivity contribution in [2.75, 3.05) is 0 Å². The Labute approximate surface area is 140 Å². The van der Waals surface area contributed by atoms with Crippen LogP contribution < -0.4 is 5.32 Å². The molecule has 6 heteroatoms. The molecule has 21 heavy (non-hydrogen) atoms. The van der Waals surface area contributed by atoms with Crippen molar-refractivity contribution in [3.8, 4) is 0 Å². The molecule has 0 aliphatic heterocycles. The van der Waals surface area contributed by atoms with Gasteiger partial charge in [0, 0.05) is 33.2 Å². The highest BCUT2D eigenvalue weighted by atomic mass is 79.9. The largest absolute Gasteiger partial charge is 0.306 e. The van der Waals surface area contributed by atoms with Gasteiger partial charge in [-0.1, -0.05) is 56.1 Å². The molecule has 0 heterocycles. The zero-order chi connectivity index (χ0) is 15.4. The SMILES string of the molecule is CC(NCc1ccccc1[N+](=O)[O-])c1ccc(Br)cc1Br. The molecule has 0 aromatic heterocycles. The van der Waals surface area contributed by atoms with Gasteiger partial charge in [0.05, 0.1) is 4.92 Å². The zero-order valence-electron chi connectivity index (χ0n) is 11.3. The first kappa shape index (κ1) is 16.1. The van der Waals surface area contributed by atoms with Crippen LogP contribution in [0.15, 0.2) is 51.4 Å². The van der Waals surface area contributed by atoms with Crippen molar-refractivity contribution in [2.24, 2.45) is 0 Å². The Bertz CT molecular complexity index is 662. The molecule has 0 saturated heterocycles. The lowest BCUT2D eigenvalue weighted by Gasteiger charge is -2.16. The van der Waals surface area contributed by atoms with Gasteiger partial charge in [-0.2, -0.15) is 0 Å². The van der Waals surface area contributed by atoms with E-state index in [9.17, 15) is 10.1 Å². The molecule has 0 aliphatic carbocycles. The molecule has 0 spiro atoms. The average Bonchev–Trinajstić information content (AvgIpc) is 2.45. The van der Waals surface area contributed by atoms with Crippen molar-refractivity contribution in [3.05, 3.63) is 72.7 Å². The molecule has 0 aliphatic rings. The zero-order valence-corrected chi connectivity index (χ0v) is 14.5. The molecule has 0 fully saturated rings. The molecular formula is C15H14Br2N2O2. The molecule has 110 valence electrons. The summed E-state index contributed by atoms with van der Waals surface area (Å²) in [5, 5.41) is 14.3. The Kier molecular flexibility index (Phi) is 5.50. The second-order valence-corrected chi connectivity index (χ2v) is 6.42. The van der Waals surface area contributed by atoms with Crippen LogP contribution in [0.5, 0.6) is 0 Å². The number of para-hydroxylation sites is 1. The molecule has 2 aromatic rings. The minimum atomic E-state index is -0.350. The molecule has 2 aromatic carbocycles. The summed E-state index contributed by atoms with van der Waals surface area (Å²) in [6.07, 6.45) is 0. The summed E-state index contributed by atoms with van der Waals surface area (Å²) in [7, 11) is 0. The van der Waals surface area contributed by atoms with E-state index < -0.39 is 0 Å².